The summed E-state index contributed by atoms with van der Waals surface area (Å²) < 4.78 is 40.9. The van der Waals surface area contributed by atoms with E-state index in [-0.39, 0.29) is 5.69 Å². The fourth-order valence-corrected chi connectivity index (χ4v) is 1.57. The molecule has 0 saturated carbocycles. The minimum Gasteiger partial charge on any atom is -0.503 e. The molecule has 0 unspecified atom stereocenters. The van der Waals surface area contributed by atoms with Crippen LogP contribution in [0.25, 0.3) is 5.69 Å². The number of nitrogens with zero attached hydrogens (tertiary/aromatic N) is 2. The van der Waals surface area contributed by atoms with Crippen molar-refractivity contribution in [3.05, 3.63) is 46.4 Å². The first-order chi connectivity index (χ1) is 10.2. The highest BCUT2D eigenvalue weighted by Crippen LogP contribution is 2.24. The zero-order chi connectivity index (χ0) is 16.5. The van der Waals surface area contributed by atoms with Gasteiger partial charge in [0.25, 0.3) is 5.43 Å². The van der Waals surface area contributed by atoms with Gasteiger partial charge in [-0.05, 0) is 12.1 Å². The van der Waals surface area contributed by atoms with Crippen LogP contribution in [0.1, 0.15) is 10.5 Å². The number of ether oxygens (including phenoxy) is 1. The van der Waals surface area contributed by atoms with E-state index in [0.29, 0.717) is 0 Å². The van der Waals surface area contributed by atoms with E-state index in [4.69, 9.17) is 5.11 Å². The molecule has 2 N–H and O–H groups in total. The SMILES string of the molecule is O=C(O)c1nn(-c2cccc(OC(F)(F)F)c2)cc(O)c1=O. The van der Waals surface area contributed by atoms with E-state index in [1.54, 1.807) is 0 Å². The molecule has 2 rings (SSSR count). The van der Waals surface area contributed by atoms with Crippen molar-refractivity contribution in [1.29, 1.82) is 0 Å². The van der Waals surface area contributed by atoms with Crippen molar-refractivity contribution in [3.63, 3.8) is 0 Å². The Morgan fingerprint density at radius 1 is 1.32 bits per heavy atom. The van der Waals surface area contributed by atoms with Crippen LogP contribution in [0, 0.1) is 0 Å². The summed E-state index contributed by atoms with van der Waals surface area (Å²) in [6.07, 6.45) is -4.12. The Bertz CT molecular complexity index is 785. The third-order valence-corrected chi connectivity index (χ3v) is 2.42. The fraction of sp³-hybridized carbons (Fsp3) is 0.0833. The number of carboxylic acid groups (broad SMARTS) is 1. The molecule has 1 heterocycles. The van der Waals surface area contributed by atoms with Gasteiger partial charge in [-0.2, -0.15) is 5.10 Å². The summed E-state index contributed by atoms with van der Waals surface area (Å²) in [7, 11) is 0. The Labute approximate surface area is 119 Å². The molecule has 1 aromatic heterocycles. The number of carboxylic acids is 1. The maximum Gasteiger partial charge on any atom is 0.573 e. The average molecular weight is 316 g/mol. The lowest BCUT2D eigenvalue weighted by molar-refractivity contribution is -0.274. The summed E-state index contributed by atoms with van der Waals surface area (Å²) in [5.41, 5.74) is -2.21. The molecular formula is C12H7F3N2O5. The van der Waals surface area contributed by atoms with Gasteiger partial charge in [0.15, 0.2) is 5.75 Å². The zero-order valence-electron chi connectivity index (χ0n) is 10.5. The normalized spacial score (nSPS) is 11.2. The number of rotatable bonds is 3. The lowest BCUT2D eigenvalue weighted by Gasteiger charge is -2.11. The quantitative estimate of drug-likeness (QED) is 0.890. The van der Waals surface area contributed by atoms with E-state index in [1.807, 2.05) is 0 Å². The van der Waals surface area contributed by atoms with Crippen LogP contribution in [0.3, 0.4) is 0 Å². The molecule has 0 aliphatic rings. The lowest BCUT2D eigenvalue weighted by Crippen LogP contribution is -2.21. The standard InChI is InChI=1S/C12H7F3N2O5/c13-12(14,15)22-7-3-1-2-6(4-7)17-5-8(18)10(19)9(16-17)11(20)21/h1-5,18H,(H,20,21). The van der Waals surface area contributed by atoms with Crippen molar-refractivity contribution in [2.75, 3.05) is 0 Å². The van der Waals surface area contributed by atoms with E-state index >= 15 is 0 Å². The number of alkyl halides is 3. The third kappa shape index (κ3) is 3.34. The molecule has 0 bridgehead atoms. The van der Waals surface area contributed by atoms with Gasteiger partial charge in [0, 0.05) is 6.07 Å². The van der Waals surface area contributed by atoms with E-state index < -0.39 is 35.0 Å². The predicted octanol–water partition coefficient (Wildman–Crippen LogP) is 1.53. The Morgan fingerprint density at radius 2 is 2.00 bits per heavy atom. The van der Waals surface area contributed by atoms with Gasteiger partial charge in [0.05, 0.1) is 11.9 Å². The highest BCUT2D eigenvalue weighted by Gasteiger charge is 2.31. The molecule has 0 spiro atoms. The molecular weight excluding hydrogens is 309 g/mol. The largest absolute Gasteiger partial charge is 0.573 e. The van der Waals surface area contributed by atoms with Crippen molar-refractivity contribution < 1.29 is 32.9 Å². The van der Waals surface area contributed by atoms with Gasteiger partial charge in [-0.3, -0.25) is 4.79 Å². The second kappa shape index (κ2) is 5.39. The van der Waals surface area contributed by atoms with Gasteiger partial charge < -0.3 is 14.9 Å². The number of aromatic carboxylic acids is 1. The van der Waals surface area contributed by atoms with Crippen LogP contribution in [0.15, 0.2) is 35.3 Å². The second-order valence-electron chi connectivity index (χ2n) is 3.99. The number of halogens is 3. The molecule has 0 atom stereocenters. The van der Waals surface area contributed by atoms with Crippen LogP contribution in [0.2, 0.25) is 0 Å². The van der Waals surface area contributed by atoms with Crippen molar-refractivity contribution >= 4 is 5.97 Å². The van der Waals surface area contributed by atoms with Crippen LogP contribution < -0.4 is 10.2 Å². The molecule has 0 aliphatic carbocycles. The molecule has 22 heavy (non-hydrogen) atoms. The maximum absolute atomic E-state index is 12.2. The predicted molar refractivity (Wildman–Crippen MR) is 65.1 cm³/mol. The average Bonchev–Trinajstić information content (AvgIpc) is 2.39. The summed E-state index contributed by atoms with van der Waals surface area (Å²) in [4.78, 5) is 22.2. The summed E-state index contributed by atoms with van der Waals surface area (Å²) >= 11 is 0. The number of hydrogen-bond donors (Lipinski definition) is 2. The third-order valence-electron chi connectivity index (χ3n) is 2.42. The minimum atomic E-state index is -4.90. The van der Waals surface area contributed by atoms with Crippen LogP contribution in [0.5, 0.6) is 11.5 Å². The molecule has 0 saturated heterocycles. The van der Waals surface area contributed by atoms with Crippen LogP contribution in [-0.4, -0.2) is 32.3 Å². The minimum absolute atomic E-state index is 0.0421. The maximum atomic E-state index is 12.2. The molecule has 10 heteroatoms. The smallest absolute Gasteiger partial charge is 0.503 e. The Balaban J connectivity index is 2.51. The molecule has 0 amide bonds. The first-order valence-corrected chi connectivity index (χ1v) is 5.60. The second-order valence-corrected chi connectivity index (χ2v) is 3.99. The molecule has 1 aromatic carbocycles. The summed E-state index contributed by atoms with van der Waals surface area (Å²) in [5.74, 6) is -3.16. The lowest BCUT2D eigenvalue weighted by atomic mass is 10.3. The van der Waals surface area contributed by atoms with E-state index in [1.165, 1.54) is 12.1 Å². The number of hydrogen-bond acceptors (Lipinski definition) is 5. The van der Waals surface area contributed by atoms with E-state index in [9.17, 15) is 27.9 Å². The topological polar surface area (TPSA) is 102 Å². The van der Waals surface area contributed by atoms with Crippen LogP contribution in [-0.2, 0) is 0 Å². The van der Waals surface area contributed by atoms with Gasteiger partial charge in [-0.15, -0.1) is 13.2 Å². The Kier molecular flexibility index (Phi) is 3.76. The molecule has 2 aromatic rings. The molecule has 116 valence electrons. The fourth-order valence-electron chi connectivity index (χ4n) is 1.57. The van der Waals surface area contributed by atoms with E-state index in [2.05, 4.69) is 9.84 Å². The van der Waals surface area contributed by atoms with Gasteiger partial charge in [-0.1, -0.05) is 6.07 Å². The molecule has 0 fully saturated rings. The molecule has 7 nitrogen and oxygen atoms in total. The van der Waals surface area contributed by atoms with Crippen molar-refractivity contribution in [2.24, 2.45) is 0 Å². The van der Waals surface area contributed by atoms with Gasteiger partial charge in [0.2, 0.25) is 5.69 Å². The van der Waals surface area contributed by atoms with Gasteiger partial charge in [-0.25, -0.2) is 9.48 Å². The highest BCUT2D eigenvalue weighted by molar-refractivity contribution is 5.85. The van der Waals surface area contributed by atoms with Crippen LogP contribution >= 0.6 is 0 Å². The number of aromatic hydroxyl groups is 1. The number of carbonyl (C=O) groups is 1. The first-order valence-electron chi connectivity index (χ1n) is 5.60. The van der Waals surface area contributed by atoms with E-state index in [0.717, 1.165) is 23.0 Å². The number of aromatic nitrogens is 2. The first kappa shape index (κ1) is 15.4. The zero-order valence-corrected chi connectivity index (χ0v) is 10.5. The summed E-state index contributed by atoms with van der Waals surface area (Å²) in [6, 6.07) is 4.42. The highest BCUT2D eigenvalue weighted by atomic mass is 19.4. The summed E-state index contributed by atoms with van der Waals surface area (Å²) in [5, 5.41) is 21.7. The van der Waals surface area contributed by atoms with Crippen LogP contribution in [0.4, 0.5) is 13.2 Å². The van der Waals surface area contributed by atoms with Gasteiger partial charge in [0.1, 0.15) is 5.75 Å². The summed E-state index contributed by atoms with van der Waals surface area (Å²) in [6.45, 7) is 0. The van der Waals surface area contributed by atoms with Crippen molar-refractivity contribution in [2.45, 2.75) is 6.36 Å². The molecule has 0 radical (unpaired) electrons. The van der Waals surface area contributed by atoms with Crippen molar-refractivity contribution in [3.8, 4) is 17.2 Å². The number of benzene rings is 1. The monoisotopic (exact) mass is 316 g/mol. The van der Waals surface area contributed by atoms with Gasteiger partial charge >= 0.3 is 12.3 Å². The van der Waals surface area contributed by atoms with Crippen molar-refractivity contribution in [1.82, 2.24) is 9.78 Å². The Hall–Kier alpha value is -3.04. The Morgan fingerprint density at radius 3 is 2.59 bits per heavy atom. The molecule has 0 aliphatic heterocycles.